The number of aliphatic hydroxyl groups is 1. The molecule has 6 rings (SSSR count). The number of aliphatic hydroxyl groups excluding tert-OH is 1. The smallest absolute Gasteiger partial charge is 0.254 e. The number of amides is 6. The number of nitrogens with one attached hydrogen (secondary N) is 4. The molecule has 5 N–H and O–H groups in total. The molecular formula is C36H47Cl2N11O8. The van der Waals surface area contributed by atoms with Gasteiger partial charge < -0.3 is 20.1 Å². The highest BCUT2D eigenvalue weighted by Gasteiger charge is 2.25. The lowest BCUT2D eigenvalue weighted by molar-refractivity contribution is -0.126. The van der Waals surface area contributed by atoms with Gasteiger partial charge in [-0.1, -0.05) is 0 Å². The van der Waals surface area contributed by atoms with Crippen molar-refractivity contribution >= 4 is 76.7 Å². The number of hydrogen-bond acceptors (Lipinski definition) is 16. The standard InChI is InChI=1S/C12H14N4O2.C10H8ClN3O2.C6H7ClN2O.C4H5NO2.C2H7N.C2H6O/c1-7-4-9(14-12(13-7)16(2)3)5-8-6-10(17)15-11(8)18;1-5-2-7(13-10(11)12-5)3-6-4-8(15)14-9(6)16;1-4-3-5(10-2)9-6(7)8-4;6-3-1-2-4(7)5-3;1-3-2;1-2-3/h4-5H,6H2,1-3H3,(H,15,17,18);2-3H,4H2,1H3,(H,14,15,16);3H,1-2H3;1-2H2,(H,5,6,7);3H,1-2H3;3H,2H2,1H3/b8-5+;6-3+;;;;. The van der Waals surface area contributed by atoms with E-state index in [9.17, 15) is 28.8 Å². The summed E-state index contributed by atoms with van der Waals surface area (Å²) in [6, 6.07) is 5.18. The number of hydrogen-bond donors (Lipinski definition) is 5. The normalized spacial score (nSPS) is 15.2. The summed E-state index contributed by atoms with van der Waals surface area (Å²) in [6.45, 7) is 7.39. The maximum absolute atomic E-state index is 11.4. The minimum atomic E-state index is -0.377. The van der Waals surface area contributed by atoms with E-state index >= 15 is 0 Å². The van der Waals surface area contributed by atoms with E-state index in [4.69, 9.17) is 33.0 Å². The first-order chi connectivity index (χ1) is 26.8. The van der Waals surface area contributed by atoms with Crippen molar-refractivity contribution in [2.45, 2.75) is 53.4 Å². The largest absolute Gasteiger partial charge is 0.481 e. The zero-order valence-corrected chi connectivity index (χ0v) is 34.6. The van der Waals surface area contributed by atoms with Crippen molar-refractivity contribution < 1.29 is 38.6 Å². The predicted molar refractivity (Wildman–Crippen MR) is 213 cm³/mol. The quantitative estimate of drug-likeness (QED) is 0.143. The lowest BCUT2D eigenvalue weighted by atomic mass is 10.2. The Kier molecular flexibility index (Phi) is 22.0. The molecule has 0 aromatic carbocycles. The Bertz CT molecular complexity index is 1920. The Morgan fingerprint density at radius 3 is 1.44 bits per heavy atom. The number of methoxy groups -OCH3 is 1. The highest BCUT2D eigenvalue weighted by atomic mass is 35.5. The van der Waals surface area contributed by atoms with Gasteiger partial charge >= 0.3 is 0 Å². The molecule has 308 valence electrons. The third-order valence-electron chi connectivity index (χ3n) is 6.41. The number of aryl methyl sites for hydroxylation is 3. The molecule has 19 nitrogen and oxygen atoms in total. The summed E-state index contributed by atoms with van der Waals surface area (Å²) in [6.07, 6.45) is 4.11. The van der Waals surface area contributed by atoms with Crippen LogP contribution in [0, 0.1) is 20.8 Å². The van der Waals surface area contributed by atoms with E-state index in [0.29, 0.717) is 52.9 Å². The van der Waals surface area contributed by atoms with Crippen molar-refractivity contribution in [1.82, 2.24) is 51.2 Å². The van der Waals surface area contributed by atoms with E-state index in [0.717, 1.165) is 11.4 Å². The molecule has 6 heterocycles. The van der Waals surface area contributed by atoms with Gasteiger partial charge in [-0.15, -0.1) is 0 Å². The number of aromatic nitrogens is 6. The Morgan fingerprint density at radius 2 is 1.11 bits per heavy atom. The van der Waals surface area contributed by atoms with Crippen LogP contribution in [0.2, 0.25) is 10.6 Å². The SMILES string of the molecule is CCO.CNC.COc1cc(C)nc(Cl)n1.Cc1cc(/C=C2\CC(=O)NC2=O)nc(Cl)n1.Cc1cc(/C=C2\CC(=O)NC2=O)nc(N(C)C)n1.O=C1CCC(=O)N1. The lowest BCUT2D eigenvalue weighted by Gasteiger charge is -2.11. The number of imide groups is 3. The van der Waals surface area contributed by atoms with Crippen LogP contribution in [0.25, 0.3) is 12.2 Å². The van der Waals surface area contributed by atoms with Crippen LogP contribution in [0.15, 0.2) is 29.3 Å². The van der Waals surface area contributed by atoms with Crippen LogP contribution in [0.3, 0.4) is 0 Å². The van der Waals surface area contributed by atoms with Gasteiger partial charge in [0.2, 0.25) is 46.0 Å². The van der Waals surface area contributed by atoms with Gasteiger partial charge in [-0.25, -0.2) is 24.9 Å². The topological polar surface area (TPSA) is 261 Å². The van der Waals surface area contributed by atoms with Crippen LogP contribution in [0.5, 0.6) is 5.88 Å². The second-order valence-electron chi connectivity index (χ2n) is 11.9. The lowest BCUT2D eigenvalue weighted by Crippen LogP contribution is -2.19. The molecule has 57 heavy (non-hydrogen) atoms. The number of halogens is 2. The molecule has 3 aliphatic rings. The van der Waals surface area contributed by atoms with Gasteiger partial charge in [-0.3, -0.25) is 44.7 Å². The summed E-state index contributed by atoms with van der Waals surface area (Å²) in [7, 11) is 8.98. The molecular weight excluding hydrogens is 785 g/mol. The molecule has 3 aromatic rings. The third kappa shape index (κ3) is 19.6. The Balaban J connectivity index is 0.000000379. The molecule has 3 fully saturated rings. The second-order valence-corrected chi connectivity index (χ2v) is 12.6. The molecule has 0 saturated carbocycles. The summed E-state index contributed by atoms with van der Waals surface area (Å²) >= 11 is 11.2. The van der Waals surface area contributed by atoms with Crippen LogP contribution >= 0.6 is 23.2 Å². The number of carbonyl (C=O) groups excluding carboxylic acids is 6. The van der Waals surface area contributed by atoms with E-state index in [-0.39, 0.29) is 65.5 Å². The predicted octanol–water partition coefficient (Wildman–Crippen LogP) is 1.85. The molecule has 0 radical (unpaired) electrons. The van der Waals surface area contributed by atoms with Gasteiger partial charge in [-0.2, -0.15) is 4.98 Å². The zero-order chi connectivity index (χ0) is 43.2. The van der Waals surface area contributed by atoms with Crippen LogP contribution < -0.4 is 30.9 Å². The van der Waals surface area contributed by atoms with Crippen LogP contribution in [0.1, 0.15) is 61.1 Å². The Labute approximate surface area is 340 Å². The summed E-state index contributed by atoms with van der Waals surface area (Å²) < 4.78 is 4.84. The van der Waals surface area contributed by atoms with E-state index in [1.54, 1.807) is 49.1 Å². The van der Waals surface area contributed by atoms with Crippen LogP contribution in [0.4, 0.5) is 5.95 Å². The fourth-order valence-electron chi connectivity index (χ4n) is 4.20. The average molecular weight is 833 g/mol. The first kappa shape index (κ1) is 49.3. The minimum Gasteiger partial charge on any atom is -0.481 e. The van der Waals surface area contributed by atoms with Crippen LogP contribution in [-0.4, -0.2) is 112 Å². The molecule has 0 bridgehead atoms. The van der Waals surface area contributed by atoms with Crippen molar-refractivity contribution in [3.05, 3.63) is 68.4 Å². The Hall–Kier alpha value is -5.76. The second kappa shape index (κ2) is 25.4. The maximum atomic E-state index is 11.4. The number of carbonyl (C=O) groups is 6. The summed E-state index contributed by atoms with van der Waals surface area (Å²) in [5.41, 5.74) is 4.30. The van der Waals surface area contributed by atoms with Crippen molar-refractivity contribution in [1.29, 1.82) is 0 Å². The molecule has 0 unspecified atom stereocenters. The minimum absolute atomic E-state index is 0.0828. The van der Waals surface area contributed by atoms with Gasteiger partial charge in [-0.05, 0) is 89.3 Å². The number of anilines is 1. The van der Waals surface area contributed by atoms with Crippen molar-refractivity contribution in [2.75, 3.05) is 46.8 Å². The van der Waals surface area contributed by atoms with Crippen molar-refractivity contribution in [3.63, 3.8) is 0 Å². The van der Waals surface area contributed by atoms with Gasteiger partial charge in [0, 0.05) is 67.8 Å². The molecule has 21 heteroatoms. The fraction of sp³-hybridized carbons (Fsp3) is 0.389. The van der Waals surface area contributed by atoms with Crippen molar-refractivity contribution in [2.24, 2.45) is 0 Å². The summed E-state index contributed by atoms with van der Waals surface area (Å²) in [4.78, 5) is 90.8. The van der Waals surface area contributed by atoms with Gasteiger partial charge in [0.1, 0.15) is 0 Å². The van der Waals surface area contributed by atoms with E-state index in [2.05, 4.69) is 51.2 Å². The molecule has 3 aliphatic heterocycles. The molecule has 0 atom stereocenters. The molecule has 0 spiro atoms. The maximum Gasteiger partial charge on any atom is 0.254 e. The van der Waals surface area contributed by atoms with Crippen LogP contribution in [-0.2, 0) is 28.8 Å². The number of rotatable bonds is 4. The molecule has 3 aromatic heterocycles. The Morgan fingerprint density at radius 1 is 0.702 bits per heavy atom. The summed E-state index contributed by atoms with van der Waals surface area (Å²) in [5.74, 6) is -0.517. The molecule has 0 aliphatic carbocycles. The highest BCUT2D eigenvalue weighted by molar-refractivity contribution is 6.28. The van der Waals surface area contributed by atoms with Gasteiger partial charge in [0.15, 0.2) is 0 Å². The number of nitrogens with zero attached hydrogens (tertiary/aromatic N) is 7. The van der Waals surface area contributed by atoms with Gasteiger partial charge in [0.05, 0.1) is 31.3 Å². The molecule has 3 saturated heterocycles. The van der Waals surface area contributed by atoms with E-state index in [1.165, 1.54) is 7.11 Å². The van der Waals surface area contributed by atoms with E-state index in [1.807, 2.05) is 42.0 Å². The first-order valence-electron chi connectivity index (χ1n) is 17.0. The highest BCUT2D eigenvalue weighted by Crippen LogP contribution is 2.17. The third-order valence-corrected chi connectivity index (χ3v) is 6.75. The zero-order valence-electron chi connectivity index (χ0n) is 33.1. The first-order valence-corrected chi connectivity index (χ1v) is 17.8. The fourth-order valence-corrected chi connectivity index (χ4v) is 4.64. The van der Waals surface area contributed by atoms with Crippen molar-refractivity contribution in [3.8, 4) is 5.88 Å². The monoisotopic (exact) mass is 831 g/mol. The average Bonchev–Trinajstić information content (AvgIpc) is 3.75. The van der Waals surface area contributed by atoms with E-state index < -0.39 is 0 Å². The molecule has 6 amide bonds. The van der Waals surface area contributed by atoms with Gasteiger partial charge in [0.25, 0.3) is 11.8 Å². The number of ether oxygens (including phenoxy) is 1. The summed E-state index contributed by atoms with van der Waals surface area (Å²) in [5, 5.41) is 17.2.